The van der Waals surface area contributed by atoms with E-state index in [2.05, 4.69) is 49.5 Å². The van der Waals surface area contributed by atoms with E-state index in [4.69, 9.17) is 5.26 Å². The lowest BCUT2D eigenvalue weighted by Crippen LogP contribution is -2.27. The number of rotatable bonds is 5. The molecule has 0 amide bonds. The van der Waals surface area contributed by atoms with Crippen molar-refractivity contribution in [2.24, 2.45) is 7.05 Å². The number of hydrogen-bond acceptors (Lipinski definition) is 2. The SMILES string of the molecule is Cc1c(CNC(C)Cc2ccccc2)cc(C#N)n1C. The Hall–Kier alpha value is -2.05. The summed E-state index contributed by atoms with van der Waals surface area (Å²) in [6.45, 7) is 5.05. The molecule has 1 N–H and O–H groups in total. The molecule has 1 heterocycles. The van der Waals surface area contributed by atoms with Crippen LogP contribution in [0.3, 0.4) is 0 Å². The first kappa shape index (κ1) is 14.4. The van der Waals surface area contributed by atoms with Crippen LogP contribution in [0.4, 0.5) is 0 Å². The van der Waals surface area contributed by atoms with Gasteiger partial charge in [0.05, 0.1) is 0 Å². The predicted molar refractivity (Wildman–Crippen MR) is 81.3 cm³/mol. The lowest BCUT2D eigenvalue weighted by atomic mass is 10.1. The lowest BCUT2D eigenvalue weighted by Gasteiger charge is -2.14. The Bertz CT molecular complexity index is 605. The number of nitrogens with one attached hydrogen (secondary N) is 1. The highest BCUT2D eigenvalue weighted by Gasteiger charge is 2.09. The second kappa shape index (κ2) is 6.40. The Labute approximate surface area is 120 Å². The highest BCUT2D eigenvalue weighted by molar-refractivity contribution is 5.34. The molecule has 2 aromatic rings. The summed E-state index contributed by atoms with van der Waals surface area (Å²) in [5, 5.41) is 12.6. The van der Waals surface area contributed by atoms with E-state index in [1.807, 2.05) is 23.7 Å². The van der Waals surface area contributed by atoms with Crippen molar-refractivity contribution in [3.63, 3.8) is 0 Å². The molecule has 0 fully saturated rings. The van der Waals surface area contributed by atoms with Gasteiger partial charge in [-0.15, -0.1) is 0 Å². The molecule has 0 aliphatic rings. The van der Waals surface area contributed by atoms with Gasteiger partial charge in [0.25, 0.3) is 0 Å². The van der Waals surface area contributed by atoms with Crippen molar-refractivity contribution >= 4 is 0 Å². The lowest BCUT2D eigenvalue weighted by molar-refractivity contribution is 0.544. The third kappa shape index (κ3) is 3.28. The highest BCUT2D eigenvalue weighted by Crippen LogP contribution is 2.13. The van der Waals surface area contributed by atoms with Gasteiger partial charge in [0, 0.05) is 25.3 Å². The van der Waals surface area contributed by atoms with Gasteiger partial charge in [-0.05, 0) is 37.5 Å². The summed E-state index contributed by atoms with van der Waals surface area (Å²) < 4.78 is 1.94. The predicted octanol–water partition coefficient (Wildman–Crippen LogP) is 2.93. The van der Waals surface area contributed by atoms with Gasteiger partial charge in [0.1, 0.15) is 11.8 Å². The molecule has 3 heteroatoms. The number of nitrogens with zero attached hydrogens (tertiary/aromatic N) is 2. The number of benzene rings is 1. The smallest absolute Gasteiger partial charge is 0.120 e. The van der Waals surface area contributed by atoms with Crippen molar-refractivity contribution < 1.29 is 0 Å². The van der Waals surface area contributed by atoms with Crippen LogP contribution in [0.1, 0.15) is 29.4 Å². The topological polar surface area (TPSA) is 40.8 Å². The van der Waals surface area contributed by atoms with Gasteiger partial charge in [-0.3, -0.25) is 0 Å². The van der Waals surface area contributed by atoms with Crippen molar-refractivity contribution in [3.05, 3.63) is 58.9 Å². The molecule has 0 aliphatic heterocycles. The minimum atomic E-state index is 0.405. The second-order valence-electron chi connectivity index (χ2n) is 5.28. The van der Waals surface area contributed by atoms with E-state index in [1.54, 1.807) is 0 Å². The van der Waals surface area contributed by atoms with Gasteiger partial charge in [0.15, 0.2) is 0 Å². The third-order valence-electron chi connectivity index (χ3n) is 3.78. The summed E-state index contributed by atoms with van der Waals surface area (Å²) in [5.41, 5.74) is 4.41. The molecule has 104 valence electrons. The van der Waals surface area contributed by atoms with Crippen LogP contribution in [-0.4, -0.2) is 10.6 Å². The summed E-state index contributed by atoms with van der Waals surface area (Å²) in [4.78, 5) is 0. The molecule has 2 rings (SSSR count). The van der Waals surface area contributed by atoms with Crippen LogP contribution in [0.25, 0.3) is 0 Å². The summed E-state index contributed by atoms with van der Waals surface area (Å²) in [6.07, 6.45) is 1.01. The molecule has 0 aliphatic carbocycles. The van der Waals surface area contributed by atoms with Crippen LogP contribution in [-0.2, 0) is 20.0 Å². The van der Waals surface area contributed by atoms with Crippen LogP contribution in [0.5, 0.6) is 0 Å². The Kier molecular flexibility index (Phi) is 4.60. The van der Waals surface area contributed by atoms with E-state index < -0.39 is 0 Å². The minimum Gasteiger partial charge on any atom is -0.340 e. The van der Waals surface area contributed by atoms with Crippen LogP contribution < -0.4 is 5.32 Å². The zero-order valence-electron chi connectivity index (χ0n) is 12.4. The van der Waals surface area contributed by atoms with Gasteiger partial charge in [-0.2, -0.15) is 5.26 Å². The van der Waals surface area contributed by atoms with Crippen molar-refractivity contribution in [2.45, 2.75) is 32.9 Å². The standard InChI is InChI=1S/C17H21N3/c1-13(9-15-7-5-4-6-8-15)19-12-16-10-17(11-18)20(3)14(16)2/h4-8,10,13,19H,9,12H2,1-3H3. The van der Waals surface area contributed by atoms with Crippen molar-refractivity contribution in [1.29, 1.82) is 5.26 Å². The van der Waals surface area contributed by atoms with E-state index in [0.29, 0.717) is 6.04 Å². The molecule has 0 saturated heterocycles. The number of aromatic nitrogens is 1. The van der Waals surface area contributed by atoms with Crippen LogP contribution in [0.2, 0.25) is 0 Å². The van der Waals surface area contributed by atoms with Gasteiger partial charge in [-0.25, -0.2) is 0 Å². The maximum atomic E-state index is 9.04. The fraction of sp³-hybridized carbons (Fsp3) is 0.353. The largest absolute Gasteiger partial charge is 0.340 e. The molecule has 1 aromatic heterocycles. The molecule has 1 unspecified atom stereocenters. The maximum Gasteiger partial charge on any atom is 0.120 e. The fourth-order valence-corrected chi connectivity index (χ4v) is 2.37. The summed E-state index contributed by atoms with van der Waals surface area (Å²) in [6, 6.07) is 15.1. The fourth-order valence-electron chi connectivity index (χ4n) is 2.37. The van der Waals surface area contributed by atoms with E-state index in [1.165, 1.54) is 11.1 Å². The van der Waals surface area contributed by atoms with Crippen molar-refractivity contribution in [3.8, 4) is 6.07 Å². The van der Waals surface area contributed by atoms with Gasteiger partial charge < -0.3 is 9.88 Å². The molecular weight excluding hydrogens is 246 g/mol. The molecule has 0 spiro atoms. The first-order chi connectivity index (χ1) is 9.61. The van der Waals surface area contributed by atoms with Gasteiger partial charge in [0.2, 0.25) is 0 Å². The molecule has 1 aromatic carbocycles. The van der Waals surface area contributed by atoms with Crippen molar-refractivity contribution in [1.82, 2.24) is 9.88 Å². The number of nitriles is 1. The average molecular weight is 267 g/mol. The third-order valence-corrected chi connectivity index (χ3v) is 3.78. The Balaban J connectivity index is 1.94. The first-order valence-electron chi connectivity index (χ1n) is 6.94. The summed E-state index contributed by atoms with van der Waals surface area (Å²) in [7, 11) is 1.94. The van der Waals surface area contributed by atoms with E-state index in [0.717, 1.165) is 24.4 Å². The molecule has 0 radical (unpaired) electrons. The zero-order valence-corrected chi connectivity index (χ0v) is 12.4. The van der Waals surface area contributed by atoms with E-state index >= 15 is 0 Å². The average Bonchev–Trinajstić information content (AvgIpc) is 2.73. The molecule has 1 atom stereocenters. The Morgan fingerprint density at radius 1 is 1.30 bits per heavy atom. The minimum absolute atomic E-state index is 0.405. The first-order valence-corrected chi connectivity index (χ1v) is 6.94. The van der Waals surface area contributed by atoms with E-state index in [9.17, 15) is 0 Å². The van der Waals surface area contributed by atoms with Gasteiger partial charge in [-0.1, -0.05) is 30.3 Å². The molecule has 3 nitrogen and oxygen atoms in total. The Morgan fingerprint density at radius 2 is 2.00 bits per heavy atom. The molecule has 0 bridgehead atoms. The normalized spacial score (nSPS) is 12.1. The maximum absolute atomic E-state index is 9.04. The number of hydrogen-bond donors (Lipinski definition) is 1. The quantitative estimate of drug-likeness (QED) is 0.905. The van der Waals surface area contributed by atoms with Crippen molar-refractivity contribution in [2.75, 3.05) is 0 Å². The monoisotopic (exact) mass is 267 g/mol. The van der Waals surface area contributed by atoms with Gasteiger partial charge >= 0.3 is 0 Å². The van der Waals surface area contributed by atoms with Crippen LogP contribution in [0, 0.1) is 18.3 Å². The summed E-state index contributed by atoms with van der Waals surface area (Å²) >= 11 is 0. The van der Waals surface area contributed by atoms with Crippen LogP contribution in [0.15, 0.2) is 36.4 Å². The molecule has 0 saturated carbocycles. The Morgan fingerprint density at radius 3 is 2.60 bits per heavy atom. The highest BCUT2D eigenvalue weighted by atomic mass is 15.0. The molecular formula is C17H21N3. The molecule has 20 heavy (non-hydrogen) atoms. The second-order valence-corrected chi connectivity index (χ2v) is 5.28. The van der Waals surface area contributed by atoms with Crippen LogP contribution >= 0.6 is 0 Å². The zero-order chi connectivity index (χ0) is 14.5. The van der Waals surface area contributed by atoms with E-state index in [-0.39, 0.29) is 0 Å². The summed E-state index contributed by atoms with van der Waals surface area (Å²) in [5.74, 6) is 0.